The third-order valence-electron chi connectivity index (χ3n) is 3.72. The molecule has 18 heavy (non-hydrogen) atoms. The van der Waals surface area contributed by atoms with E-state index in [2.05, 4.69) is 12.2 Å². The van der Waals surface area contributed by atoms with Crippen LogP contribution in [0.25, 0.3) is 0 Å². The van der Waals surface area contributed by atoms with Crippen LogP contribution in [0.5, 0.6) is 5.75 Å². The van der Waals surface area contributed by atoms with E-state index >= 15 is 0 Å². The summed E-state index contributed by atoms with van der Waals surface area (Å²) in [4.78, 5) is 0. The van der Waals surface area contributed by atoms with Gasteiger partial charge in [0, 0.05) is 12.6 Å². The van der Waals surface area contributed by atoms with Gasteiger partial charge in [-0.3, -0.25) is 0 Å². The number of hydrogen-bond donors (Lipinski definition) is 3. The monoisotopic (exact) mass is 249 g/mol. The molecule has 0 heterocycles. The zero-order valence-corrected chi connectivity index (χ0v) is 11.2. The molecule has 2 unspecified atom stereocenters. The van der Waals surface area contributed by atoms with Crippen LogP contribution in [0.15, 0.2) is 18.2 Å². The molecule has 0 bridgehead atoms. The average molecular weight is 249 g/mol. The fraction of sp³-hybridized carbons (Fsp3) is 0.600. The Bertz CT molecular complexity index is 415. The van der Waals surface area contributed by atoms with E-state index in [1.807, 2.05) is 19.1 Å². The smallest absolute Gasteiger partial charge is 0.115 e. The molecular weight excluding hydrogens is 226 g/mol. The fourth-order valence-corrected chi connectivity index (χ4v) is 2.79. The number of aliphatic hydroxyl groups is 1. The van der Waals surface area contributed by atoms with Crippen LogP contribution >= 0.6 is 0 Å². The Balaban J connectivity index is 1.98. The molecule has 0 radical (unpaired) electrons. The summed E-state index contributed by atoms with van der Waals surface area (Å²) in [5.74, 6) is 0.340. The molecule has 2 rings (SSSR count). The fourth-order valence-electron chi connectivity index (χ4n) is 2.79. The Morgan fingerprint density at radius 2 is 2.22 bits per heavy atom. The standard InChI is InChI=1S/C15H23NO2/c1-3-8-15(2,18)10-16-14-7-4-11-9-12(17)5-6-13(11)14/h5-6,9,14,16-18H,3-4,7-8,10H2,1-2H3. The van der Waals surface area contributed by atoms with Crippen LogP contribution in [0.1, 0.15) is 50.3 Å². The van der Waals surface area contributed by atoms with Crippen molar-refractivity contribution in [2.75, 3.05) is 6.54 Å². The molecular formula is C15H23NO2. The summed E-state index contributed by atoms with van der Waals surface area (Å²) in [5.41, 5.74) is 1.86. The molecule has 1 aliphatic carbocycles. The van der Waals surface area contributed by atoms with E-state index in [4.69, 9.17) is 0 Å². The first kappa shape index (κ1) is 13.4. The number of phenols is 1. The molecule has 0 fully saturated rings. The molecule has 0 saturated heterocycles. The zero-order chi connectivity index (χ0) is 13.2. The van der Waals surface area contributed by atoms with Crippen LogP contribution in [-0.4, -0.2) is 22.4 Å². The lowest BCUT2D eigenvalue weighted by molar-refractivity contribution is 0.0471. The molecule has 2 atom stereocenters. The predicted octanol–water partition coefficient (Wildman–Crippen LogP) is 2.52. The first-order chi connectivity index (χ1) is 8.52. The highest BCUT2D eigenvalue weighted by Crippen LogP contribution is 2.33. The zero-order valence-electron chi connectivity index (χ0n) is 11.2. The second kappa shape index (κ2) is 5.29. The maximum absolute atomic E-state index is 10.2. The normalized spacial score (nSPS) is 21.6. The van der Waals surface area contributed by atoms with Crippen LogP contribution in [0.4, 0.5) is 0 Å². The minimum atomic E-state index is -0.631. The Labute approximate surface area is 109 Å². The second-order valence-corrected chi connectivity index (χ2v) is 5.60. The molecule has 1 aliphatic rings. The molecule has 3 nitrogen and oxygen atoms in total. The highest BCUT2D eigenvalue weighted by molar-refractivity contribution is 5.40. The average Bonchev–Trinajstić information content (AvgIpc) is 2.68. The van der Waals surface area contributed by atoms with Gasteiger partial charge in [-0.25, -0.2) is 0 Å². The molecule has 1 aromatic rings. The summed E-state index contributed by atoms with van der Waals surface area (Å²) in [6.45, 7) is 4.59. The number of rotatable bonds is 5. The summed E-state index contributed by atoms with van der Waals surface area (Å²) in [6, 6.07) is 5.89. The third kappa shape index (κ3) is 3.03. The lowest BCUT2D eigenvalue weighted by atomic mass is 9.99. The number of fused-ring (bicyclic) bond motifs is 1. The van der Waals surface area contributed by atoms with Crippen LogP contribution in [0, 0.1) is 0 Å². The van der Waals surface area contributed by atoms with Gasteiger partial charge >= 0.3 is 0 Å². The van der Waals surface area contributed by atoms with Gasteiger partial charge in [-0.15, -0.1) is 0 Å². The van der Waals surface area contributed by atoms with Crippen molar-refractivity contribution >= 4 is 0 Å². The van der Waals surface area contributed by atoms with Crippen molar-refractivity contribution in [3.05, 3.63) is 29.3 Å². The first-order valence-electron chi connectivity index (χ1n) is 6.79. The molecule has 0 aliphatic heterocycles. The molecule has 0 saturated carbocycles. The van der Waals surface area contributed by atoms with E-state index in [9.17, 15) is 10.2 Å². The number of nitrogens with one attached hydrogen (secondary N) is 1. The van der Waals surface area contributed by atoms with Crippen molar-refractivity contribution < 1.29 is 10.2 Å². The maximum Gasteiger partial charge on any atom is 0.115 e. The minimum Gasteiger partial charge on any atom is -0.508 e. The van der Waals surface area contributed by atoms with E-state index in [0.29, 0.717) is 18.3 Å². The number of aryl methyl sites for hydroxylation is 1. The quantitative estimate of drug-likeness (QED) is 0.751. The SMILES string of the molecule is CCCC(C)(O)CNC1CCc2cc(O)ccc21. The summed E-state index contributed by atoms with van der Waals surface area (Å²) in [6.07, 6.45) is 3.84. The van der Waals surface area contributed by atoms with Crippen LogP contribution < -0.4 is 5.32 Å². The first-order valence-corrected chi connectivity index (χ1v) is 6.79. The Morgan fingerprint density at radius 3 is 2.94 bits per heavy atom. The summed E-state index contributed by atoms with van der Waals surface area (Å²) in [7, 11) is 0. The maximum atomic E-state index is 10.2. The van der Waals surface area contributed by atoms with Crippen molar-refractivity contribution in [1.29, 1.82) is 0 Å². The van der Waals surface area contributed by atoms with Gasteiger partial charge < -0.3 is 15.5 Å². The molecule has 100 valence electrons. The van der Waals surface area contributed by atoms with Gasteiger partial charge in [0.2, 0.25) is 0 Å². The summed E-state index contributed by atoms with van der Waals surface area (Å²) in [5, 5.41) is 23.1. The number of aromatic hydroxyl groups is 1. The van der Waals surface area contributed by atoms with E-state index in [-0.39, 0.29) is 0 Å². The van der Waals surface area contributed by atoms with E-state index in [1.54, 1.807) is 6.07 Å². The van der Waals surface area contributed by atoms with Gasteiger partial charge in [0.25, 0.3) is 0 Å². The predicted molar refractivity (Wildman–Crippen MR) is 72.7 cm³/mol. The van der Waals surface area contributed by atoms with Gasteiger partial charge in [0.05, 0.1) is 5.60 Å². The van der Waals surface area contributed by atoms with Crippen LogP contribution in [-0.2, 0) is 6.42 Å². The third-order valence-corrected chi connectivity index (χ3v) is 3.72. The molecule has 3 N–H and O–H groups in total. The molecule has 0 aromatic heterocycles. The number of hydrogen-bond acceptors (Lipinski definition) is 3. The van der Waals surface area contributed by atoms with Crippen LogP contribution in [0.2, 0.25) is 0 Å². The highest BCUT2D eigenvalue weighted by atomic mass is 16.3. The van der Waals surface area contributed by atoms with Crippen LogP contribution in [0.3, 0.4) is 0 Å². The minimum absolute atomic E-state index is 0.309. The Morgan fingerprint density at radius 1 is 1.44 bits per heavy atom. The molecule has 1 aromatic carbocycles. The topological polar surface area (TPSA) is 52.5 Å². The molecule has 0 spiro atoms. The van der Waals surface area contributed by atoms with E-state index < -0.39 is 5.60 Å². The largest absolute Gasteiger partial charge is 0.508 e. The second-order valence-electron chi connectivity index (χ2n) is 5.60. The van der Waals surface area contributed by atoms with Gasteiger partial charge in [-0.2, -0.15) is 0 Å². The van der Waals surface area contributed by atoms with Crippen molar-refractivity contribution in [2.24, 2.45) is 0 Å². The lowest BCUT2D eigenvalue weighted by Crippen LogP contribution is -2.38. The highest BCUT2D eigenvalue weighted by Gasteiger charge is 2.25. The van der Waals surface area contributed by atoms with Crippen molar-refractivity contribution in [3.8, 4) is 5.75 Å². The number of phenolic OH excluding ortho intramolecular Hbond substituents is 1. The number of benzene rings is 1. The van der Waals surface area contributed by atoms with Gasteiger partial charge in [0.15, 0.2) is 0 Å². The lowest BCUT2D eigenvalue weighted by Gasteiger charge is -2.25. The summed E-state index contributed by atoms with van der Waals surface area (Å²) >= 11 is 0. The molecule has 3 heteroatoms. The Kier molecular flexibility index (Phi) is 3.93. The van der Waals surface area contributed by atoms with Crippen molar-refractivity contribution in [2.45, 2.75) is 51.2 Å². The molecule has 0 amide bonds. The van der Waals surface area contributed by atoms with Gasteiger partial charge in [0.1, 0.15) is 5.75 Å². The summed E-state index contributed by atoms with van der Waals surface area (Å²) < 4.78 is 0. The van der Waals surface area contributed by atoms with E-state index in [1.165, 1.54) is 11.1 Å². The Hall–Kier alpha value is -1.06. The van der Waals surface area contributed by atoms with E-state index in [0.717, 1.165) is 25.7 Å². The van der Waals surface area contributed by atoms with Crippen molar-refractivity contribution in [1.82, 2.24) is 5.32 Å². The van der Waals surface area contributed by atoms with Crippen molar-refractivity contribution in [3.63, 3.8) is 0 Å². The van der Waals surface area contributed by atoms with Gasteiger partial charge in [-0.05, 0) is 49.4 Å². The van der Waals surface area contributed by atoms with Gasteiger partial charge in [-0.1, -0.05) is 19.4 Å².